The van der Waals surface area contributed by atoms with Crippen molar-refractivity contribution in [3.05, 3.63) is 47.2 Å². The molecule has 4 nitrogen and oxygen atoms in total. The molecule has 4 heteroatoms. The number of furan rings is 1. The van der Waals surface area contributed by atoms with Crippen LogP contribution in [0.5, 0.6) is 0 Å². The van der Waals surface area contributed by atoms with E-state index in [4.69, 9.17) is 14.0 Å². The Bertz CT molecular complexity index is 693. The van der Waals surface area contributed by atoms with Gasteiger partial charge < -0.3 is 4.42 Å². The fraction of sp³-hybridized carbons (Fsp3) is 0.333. The van der Waals surface area contributed by atoms with Gasteiger partial charge in [-0.25, -0.2) is 0 Å². The predicted octanol–water partition coefficient (Wildman–Crippen LogP) is 3.67. The van der Waals surface area contributed by atoms with Gasteiger partial charge in [-0.3, -0.25) is 4.99 Å². The highest BCUT2D eigenvalue weighted by atomic mass is 16.3. The molecule has 0 fully saturated rings. The normalized spacial score (nSPS) is 15.7. The molecule has 0 bridgehead atoms. The van der Waals surface area contributed by atoms with Crippen molar-refractivity contribution < 1.29 is 14.0 Å². The third kappa shape index (κ3) is 3.41. The van der Waals surface area contributed by atoms with Gasteiger partial charge in [-0.1, -0.05) is 13.8 Å². The highest BCUT2D eigenvalue weighted by Crippen LogP contribution is 2.30. The van der Waals surface area contributed by atoms with Crippen LogP contribution in [0.15, 0.2) is 39.9 Å². The fourth-order valence-electron chi connectivity index (χ4n) is 2.63. The van der Waals surface area contributed by atoms with Crippen LogP contribution < -0.4 is 0 Å². The number of aliphatic imine (C=N–C) groups is 1. The first-order valence-corrected chi connectivity index (χ1v) is 7.26. The molecule has 1 unspecified atom stereocenters. The molecule has 0 amide bonds. The number of carbonyl (C=O) groups excluding carboxylic acids is 2. The number of aryl methyl sites for hydroxylation is 1. The summed E-state index contributed by atoms with van der Waals surface area (Å²) in [7, 11) is 0. The largest absolute Gasteiger partial charge is 0.464 e. The second kappa shape index (κ2) is 7.01. The van der Waals surface area contributed by atoms with Gasteiger partial charge in [0.25, 0.3) is 0 Å². The number of benzene rings is 1. The maximum absolute atomic E-state index is 8.12. The zero-order valence-electron chi connectivity index (χ0n) is 13.0. The molecule has 0 radical (unpaired) electrons. The molecule has 0 saturated heterocycles. The van der Waals surface area contributed by atoms with Gasteiger partial charge in [0, 0.05) is 11.8 Å². The average molecular weight is 297 g/mol. The molecular formula is C18H19NO3. The molecule has 1 aliphatic rings. The third-order valence-corrected chi connectivity index (χ3v) is 3.88. The van der Waals surface area contributed by atoms with Gasteiger partial charge in [0.1, 0.15) is 5.76 Å². The summed E-state index contributed by atoms with van der Waals surface area (Å²) in [5.74, 6) is 1.53. The van der Waals surface area contributed by atoms with Crippen molar-refractivity contribution in [3.63, 3.8) is 0 Å². The van der Waals surface area contributed by atoms with Crippen LogP contribution in [0.3, 0.4) is 0 Å². The molecule has 0 N–H and O–H groups in total. The molecule has 1 aliphatic heterocycles. The lowest BCUT2D eigenvalue weighted by atomic mass is 9.89. The van der Waals surface area contributed by atoms with E-state index < -0.39 is 0 Å². The zero-order valence-corrected chi connectivity index (χ0v) is 13.0. The Morgan fingerprint density at radius 1 is 1.32 bits per heavy atom. The van der Waals surface area contributed by atoms with Crippen LogP contribution >= 0.6 is 0 Å². The summed E-state index contributed by atoms with van der Waals surface area (Å²) in [5.41, 5.74) is 5.07. The molecule has 3 rings (SSSR count). The average Bonchev–Trinajstić information content (AvgIpc) is 3.00. The minimum absolute atomic E-state index is 0.250. The van der Waals surface area contributed by atoms with Crippen LogP contribution in [-0.2, 0) is 16.0 Å². The van der Waals surface area contributed by atoms with E-state index in [2.05, 4.69) is 37.9 Å². The fourth-order valence-corrected chi connectivity index (χ4v) is 2.63. The van der Waals surface area contributed by atoms with Crippen LogP contribution in [0.25, 0.3) is 11.3 Å². The Morgan fingerprint density at radius 2 is 2.05 bits per heavy atom. The number of nitrogens with zero attached hydrogens (tertiary/aromatic N) is 1. The van der Waals surface area contributed by atoms with Crippen LogP contribution in [0, 0.1) is 12.8 Å². The molecule has 2 heterocycles. The number of hydrogen-bond acceptors (Lipinski definition) is 4. The monoisotopic (exact) mass is 297 g/mol. The Balaban J connectivity index is 0.000000545. The van der Waals surface area contributed by atoms with Crippen LogP contribution in [0.1, 0.15) is 30.5 Å². The van der Waals surface area contributed by atoms with E-state index in [1.165, 1.54) is 22.3 Å². The summed E-state index contributed by atoms with van der Waals surface area (Å²) in [6.45, 7) is 6.59. The van der Waals surface area contributed by atoms with Gasteiger partial charge in [-0.05, 0) is 60.2 Å². The van der Waals surface area contributed by atoms with E-state index in [9.17, 15) is 0 Å². The lowest BCUT2D eigenvalue weighted by Gasteiger charge is -2.23. The van der Waals surface area contributed by atoms with Crippen molar-refractivity contribution in [2.45, 2.75) is 33.2 Å². The van der Waals surface area contributed by atoms with Crippen molar-refractivity contribution in [1.82, 2.24) is 0 Å². The summed E-state index contributed by atoms with van der Waals surface area (Å²) < 4.78 is 5.53. The molecule has 1 atom stereocenters. The Kier molecular flexibility index (Phi) is 5.08. The van der Waals surface area contributed by atoms with E-state index in [1.54, 1.807) is 6.26 Å². The van der Waals surface area contributed by atoms with E-state index in [-0.39, 0.29) is 6.15 Å². The minimum atomic E-state index is 0.250. The van der Waals surface area contributed by atoms with Crippen molar-refractivity contribution in [1.29, 1.82) is 0 Å². The zero-order chi connectivity index (χ0) is 16.1. The second-order valence-corrected chi connectivity index (χ2v) is 5.72. The Labute approximate surface area is 129 Å². The Hall–Kier alpha value is -2.45. The molecule has 0 saturated carbocycles. The van der Waals surface area contributed by atoms with Gasteiger partial charge in [0.05, 0.1) is 12.3 Å². The van der Waals surface area contributed by atoms with E-state index in [1.807, 2.05) is 18.3 Å². The van der Waals surface area contributed by atoms with E-state index in [0.717, 1.165) is 12.2 Å². The van der Waals surface area contributed by atoms with Crippen LogP contribution in [-0.4, -0.2) is 18.4 Å². The first-order valence-electron chi connectivity index (χ1n) is 7.26. The molecular weight excluding hydrogens is 278 g/mol. The van der Waals surface area contributed by atoms with Crippen LogP contribution in [0.4, 0.5) is 0 Å². The highest BCUT2D eigenvalue weighted by Gasteiger charge is 2.19. The molecule has 1 aromatic carbocycles. The number of rotatable bonds is 2. The lowest BCUT2D eigenvalue weighted by molar-refractivity contribution is -0.191. The molecule has 2 aromatic rings. The SMILES string of the molecule is Cc1cc2c(cc1-c1ccco1)CC(C(C)C)N=C2.O=C=O. The van der Waals surface area contributed by atoms with E-state index >= 15 is 0 Å². The maximum atomic E-state index is 8.12. The first kappa shape index (κ1) is 15.9. The van der Waals surface area contributed by atoms with E-state index in [0.29, 0.717) is 12.0 Å². The van der Waals surface area contributed by atoms with Gasteiger partial charge in [-0.2, -0.15) is 9.59 Å². The predicted molar refractivity (Wildman–Crippen MR) is 83.8 cm³/mol. The number of fused-ring (bicyclic) bond motifs is 1. The summed E-state index contributed by atoms with van der Waals surface area (Å²) in [6, 6.07) is 8.84. The van der Waals surface area contributed by atoms with Crippen molar-refractivity contribution >= 4 is 12.4 Å². The standard InChI is InChI=1S/C17H19NO.CO2/c1-11(2)16-9-13-8-15(17-5-4-6-19-17)12(3)7-14(13)10-18-16;2-1-3/h4-8,10-11,16H,9H2,1-3H3;. The quantitative estimate of drug-likeness (QED) is 0.849. The van der Waals surface area contributed by atoms with Gasteiger partial charge in [-0.15, -0.1) is 0 Å². The number of hydrogen-bond donors (Lipinski definition) is 0. The van der Waals surface area contributed by atoms with Crippen molar-refractivity contribution in [3.8, 4) is 11.3 Å². The molecule has 0 aliphatic carbocycles. The lowest BCUT2D eigenvalue weighted by Crippen LogP contribution is -2.21. The van der Waals surface area contributed by atoms with Crippen molar-refractivity contribution in [2.24, 2.45) is 10.9 Å². The summed E-state index contributed by atoms with van der Waals surface area (Å²) >= 11 is 0. The smallest absolute Gasteiger partial charge is 0.373 e. The topological polar surface area (TPSA) is 59.6 Å². The molecule has 0 spiro atoms. The van der Waals surface area contributed by atoms with Crippen molar-refractivity contribution in [2.75, 3.05) is 0 Å². The summed E-state index contributed by atoms with van der Waals surface area (Å²) in [4.78, 5) is 20.9. The van der Waals surface area contributed by atoms with Crippen LogP contribution in [0.2, 0.25) is 0 Å². The first-order chi connectivity index (χ1) is 10.6. The summed E-state index contributed by atoms with van der Waals surface area (Å²) in [6.07, 6.45) is 5.03. The van der Waals surface area contributed by atoms with Gasteiger partial charge in [0.15, 0.2) is 0 Å². The van der Waals surface area contributed by atoms with Gasteiger partial charge in [0.2, 0.25) is 0 Å². The van der Waals surface area contributed by atoms with Gasteiger partial charge >= 0.3 is 6.15 Å². The highest BCUT2D eigenvalue weighted by molar-refractivity contribution is 5.85. The minimum Gasteiger partial charge on any atom is -0.464 e. The second-order valence-electron chi connectivity index (χ2n) is 5.72. The molecule has 22 heavy (non-hydrogen) atoms. The summed E-state index contributed by atoms with van der Waals surface area (Å²) in [5, 5.41) is 0. The molecule has 114 valence electrons. The third-order valence-electron chi connectivity index (χ3n) is 3.88. The Morgan fingerprint density at radius 3 is 2.64 bits per heavy atom. The maximum Gasteiger partial charge on any atom is 0.373 e. The molecule has 1 aromatic heterocycles.